The van der Waals surface area contributed by atoms with E-state index in [0.717, 1.165) is 30.6 Å². The van der Waals surface area contributed by atoms with E-state index < -0.39 is 0 Å². The molecule has 0 saturated carbocycles. The van der Waals surface area contributed by atoms with Gasteiger partial charge in [0.05, 0.1) is 13.2 Å². The third kappa shape index (κ3) is 2.81. The zero-order valence-electron chi connectivity index (χ0n) is 12.7. The van der Waals surface area contributed by atoms with Crippen molar-refractivity contribution in [3.8, 4) is 5.75 Å². The van der Waals surface area contributed by atoms with Crippen LogP contribution in [-0.2, 0) is 12.8 Å². The van der Waals surface area contributed by atoms with Gasteiger partial charge in [0.1, 0.15) is 5.75 Å². The fourth-order valence-corrected chi connectivity index (χ4v) is 3.37. The van der Waals surface area contributed by atoms with E-state index in [9.17, 15) is 5.11 Å². The van der Waals surface area contributed by atoms with Gasteiger partial charge in [-0.1, -0.05) is 42.0 Å². The largest absolute Gasteiger partial charge is 0.496 e. The molecule has 1 aliphatic carbocycles. The van der Waals surface area contributed by atoms with Crippen molar-refractivity contribution >= 4 is 0 Å². The molecule has 2 atom stereocenters. The maximum Gasteiger partial charge on any atom is 0.122 e. The molecule has 0 aliphatic heterocycles. The summed E-state index contributed by atoms with van der Waals surface area (Å²) in [6, 6.07) is 14.5. The third-order valence-electron chi connectivity index (χ3n) is 4.52. The van der Waals surface area contributed by atoms with E-state index in [1.807, 2.05) is 12.1 Å². The molecule has 2 heteroatoms. The van der Waals surface area contributed by atoms with Crippen LogP contribution in [0, 0.1) is 12.8 Å². The van der Waals surface area contributed by atoms with Crippen molar-refractivity contribution in [1.82, 2.24) is 0 Å². The monoisotopic (exact) mass is 282 g/mol. The van der Waals surface area contributed by atoms with Crippen molar-refractivity contribution in [2.45, 2.75) is 32.3 Å². The highest BCUT2D eigenvalue weighted by Gasteiger charge is 2.28. The zero-order valence-corrected chi connectivity index (χ0v) is 12.7. The Bertz CT molecular complexity index is 633. The highest BCUT2D eigenvalue weighted by Crippen LogP contribution is 2.37. The lowest BCUT2D eigenvalue weighted by molar-refractivity contribution is 0.0933. The van der Waals surface area contributed by atoms with Crippen molar-refractivity contribution < 1.29 is 9.84 Å². The molecular formula is C19H22O2. The molecular weight excluding hydrogens is 260 g/mol. The first kappa shape index (κ1) is 14.2. The van der Waals surface area contributed by atoms with Gasteiger partial charge in [-0.05, 0) is 54.9 Å². The summed E-state index contributed by atoms with van der Waals surface area (Å²) in [7, 11) is 1.71. The summed E-state index contributed by atoms with van der Waals surface area (Å²) in [4.78, 5) is 0. The number of aryl methyl sites for hydroxylation is 2. The summed E-state index contributed by atoms with van der Waals surface area (Å²) in [5.74, 6) is 1.18. The normalized spacial score (nSPS) is 20.9. The molecule has 0 fully saturated rings. The quantitative estimate of drug-likeness (QED) is 0.926. The molecule has 2 aromatic rings. The second kappa shape index (κ2) is 5.90. The Morgan fingerprint density at radius 1 is 1.19 bits per heavy atom. The summed E-state index contributed by atoms with van der Waals surface area (Å²) in [6.07, 6.45) is 2.56. The second-order valence-corrected chi connectivity index (χ2v) is 5.96. The Balaban J connectivity index is 1.85. The van der Waals surface area contributed by atoms with Crippen molar-refractivity contribution in [1.29, 1.82) is 0 Å². The maximum absolute atomic E-state index is 10.7. The third-order valence-corrected chi connectivity index (χ3v) is 4.52. The summed E-state index contributed by atoms with van der Waals surface area (Å²) in [6.45, 7) is 2.09. The number of hydrogen-bond donors (Lipinski definition) is 1. The van der Waals surface area contributed by atoms with E-state index in [1.54, 1.807) is 7.11 Å². The molecule has 2 nitrogen and oxygen atoms in total. The minimum atomic E-state index is -0.375. The van der Waals surface area contributed by atoms with E-state index in [4.69, 9.17) is 4.74 Å². The molecule has 110 valence electrons. The number of benzene rings is 2. The van der Waals surface area contributed by atoms with Gasteiger partial charge in [0.15, 0.2) is 0 Å². The van der Waals surface area contributed by atoms with Gasteiger partial charge < -0.3 is 9.84 Å². The zero-order chi connectivity index (χ0) is 14.8. The molecule has 2 aromatic carbocycles. The van der Waals surface area contributed by atoms with Gasteiger partial charge in [0.2, 0.25) is 0 Å². The summed E-state index contributed by atoms with van der Waals surface area (Å²) < 4.78 is 5.46. The highest BCUT2D eigenvalue weighted by molar-refractivity contribution is 5.38. The van der Waals surface area contributed by atoms with Crippen LogP contribution in [0.4, 0.5) is 0 Å². The number of rotatable bonds is 3. The molecule has 1 N–H and O–H groups in total. The van der Waals surface area contributed by atoms with Crippen molar-refractivity contribution in [2.75, 3.05) is 7.11 Å². The predicted molar refractivity (Wildman–Crippen MR) is 84.6 cm³/mol. The molecule has 21 heavy (non-hydrogen) atoms. The van der Waals surface area contributed by atoms with Crippen LogP contribution >= 0.6 is 0 Å². The Hall–Kier alpha value is -1.80. The lowest BCUT2D eigenvalue weighted by Gasteiger charge is -2.30. The molecule has 0 heterocycles. The smallest absolute Gasteiger partial charge is 0.122 e. The fraction of sp³-hybridized carbons (Fsp3) is 0.368. The summed E-state index contributed by atoms with van der Waals surface area (Å²) >= 11 is 0. The number of aliphatic hydroxyl groups is 1. The van der Waals surface area contributed by atoms with Crippen molar-refractivity contribution in [2.24, 2.45) is 5.92 Å². The van der Waals surface area contributed by atoms with Crippen LogP contribution in [0.15, 0.2) is 42.5 Å². The summed E-state index contributed by atoms with van der Waals surface area (Å²) in [5.41, 5.74) is 4.82. The SMILES string of the molecule is COc1ccc(C)cc1CC1CCc2ccccc2C1O. The van der Waals surface area contributed by atoms with Gasteiger partial charge >= 0.3 is 0 Å². The fourth-order valence-electron chi connectivity index (χ4n) is 3.37. The molecule has 0 radical (unpaired) electrons. The van der Waals surface area contributed by atoms with Gasteiger partial charge in [-0.25, -0.2) is 0 Å². The molecule has 0 spiro atoms. The number of ether oxygens (including phenoxy) is 1. The number of methoxy groups -OCH3 is 1. The van der Waals surface area contributed by atoms with Gasteiger partial charge in [-0.15, -0.1) is 0 Å². The minimum absolute atomic E-state index is 0.260. The average molecular weight is 282 g/mol. The summed E-state index contributed by atoms with van der Waals surface area (Å²) in [5, 5.41) is 10.7. The first-order valence-electron chi connectivity index (χ1n) is 7.58. The minimum Gasteiger partial charge on any atom is -0.496 e. The van der Waals surface area contributed by atoms with Crippen LogP contribution in [-0.4, -0.2) is 12.2 Å². The first-order valence-corrected chi connectivity index (χ1v) is 7.58. The molecule has 1 aliphatic rings. The molecule has 0 amide bonds. The van der Waals surface area contributed by atoms with Gasteiger partial charge in [-0.3, -0.25) is 0 Å². The van der Waals surface area contributed by atoms with E-state index in [0.29, 0.717) is 0 Å². The number of aliphatic hydroxyl groups excluding tert-OH is 1. The van der Waals surface area contributed by atoms with E-state index in [2.05, 4.69) is 37.3 Å². The van der Waals surface area contributed by atoms with Gasteiger partial charge in [0.25, 0.3) is 0 Å². The van der Waals surface area contributed by atoms with Gasteiger partial charge in [-0.2, -0.15) is 0 Å². The van der Waals surface area contributed by atoms with Crippen LogP contribution in [0.25, 0.3) is 0 Å². The van der Waals surface area contributed by atoms with E-state index in [1.165, 1.54) is 16.7 Å². The molecule has 0 saturated heterocycles. The Labute approximate surface area is 126 Å². The van der Waals surface area contributed by atoms with Crippen LogP contribution < -0.4 is 4.74 Å². The molecule has 2 unspecified atom stereocenters. The second-order valence-electron chi connectivity index (χ2n) is 5.96. The van der Waals surface area contributed by atoms with E-state index >= 15 is 0 Å². The number of fused-ring (bicyclic) bond motifs is 1. The lowest BCUT2D eigenvalue weighted by atomic mass is 9.78. The van der Waals surface area contributed by atoms with Crippen LogP contribution in [0.5, 0.6) is 5.75 Å². The predicted octanol–water partition coefficient (Wildman–Crippen LogP) is 3.84. The van der Waals surface area contributed by atoms with Crippen LogP contribution in [0.2, 0.25) is 0 Å². The first-order chi connectivity index (χ1) is 10.2. The van der Waals surface area contributed by atoms with E-state index in [-0.39, 0.29) is 12.0 Å². The maximum atomic E-state index is 10.7. The van der Waals surface area contributed by atoms with Crippen molar-refractivity contribution in [3.63, 3.8) is 0 Å². The Kier molecular flexibility index (Phi) is 3.98. The van der Waals surface area contributed by atoms with Crippen LogP contribution in [0.3, 0.4) is 0 Å². The topological polar surface area (TPSA) is 29.5 Å². The van der Waals surface area contributed by atoms with Crippen LogP contribution in [0.1, 0.15) is 34.8 Å². The number of hydrogen-bond acceptors (Lipinski definition) is 2. The molecule has 0 bridgehead atoms. The Morgan fingerprint density at radius 2 is 2.00 bits per heavy atom. The lowest BCUT2D eigenvalue weighted by Crippen LogP contribution is -2.22. The Morgan fingerprint density at radius 3 is 2.81 bits per heavy atom. The average Bonchev–Trinajstić information content (AvgIpc) is 2.51. The molecule has 0 aromatic heterocycles. The standard InChI is InChI=1S/C19H22O2/c1-13-7-10-18(21-2)16(11-13)12-15-9-8-14-5-3-4-6-17(14)19(15)20/h3-7,10-11,15,19-20H,8-9,12H2,1-2H3. The van der Waals surface area contributed by atoms with Crippen molar-refractivity contribution in [3.05, 3.63) is 64.7 Å². The highest BCUT2D eigenvalue weighted by atomic mass is 16.5. The molecule has 3 rings (SSSR count). The van der Waals surface area contributed by atoms with Gasteiger partial charge in [0, 0.05) is 0 Å².